The maximum Gasteiger partial charge on any atom is 0.323 e. The van der Waals surface area contributed by atoms with Crippen LogP contribution in [0.4, 0.5) is 0 Å². The zero-order valence-electron chi connectivity index (χ0n) is 8.08. The van der Waals surface area contributed by atoms with E-state index in [1.807, 2.05) is 6.92 Å². The molecule has 2 rings (SSSR count). The van der Waals surface area contributed by atoms with Gasteiger partial charge in [-0.15, -0.1) is 0 Å². The first-order chi connectivity index (χ1) is 6.31. The molecule has 2 atom stereocenters. The fraction of sp³-hybridized carbons (Fsp3) is 0.900. The van der Waals surface area contributed by atoms with Gasteiger partial charge in [0.2, 0.25) is 0 Å². The Morgan fingerprint density at radius 1 is 1.38 bits per heavy atom. The minimum absolute atomic E-state index is 0.0226. The fourth-order valence-electron chi connectivity index (χ4n) is 2.07. The van der Waals surface area contributed by atoms with Gasteiger partial charge in [-0.25, -0.2) is 0 Å². The molecule has 2 fully saturated rings. The van der Waals surface area contributed by atoms with Crippen LogP contribution in [0.1, 0.15) is 32.6 Å². The van der Waals surface area contributed by atoms with Crippen LogP contribution in [0.3, 0.4) is 0 Å². The van der Waals surface area contributed by atoms with Crippen molar-refractivity contribution in [3.8, 4) is 0 Å². The van der Waals surface area contributed by atoms with Crippen molar-refractivity contribution >= 4 is 5.97 Å². The van der Waals surface area contributed by atoms with Gasteiger partial charge in [0, 0.05) is 6.04 Å². The molecule has 2 aliphatic rings. The second-order valence-corrected chi connectivity index (χ2v) is 3.99. The van der Waals surface area contributed by atoms with E-state index in [0.29, 0.717) is 12.6 Å². The van der Waals surface area contributed by atoms with Crippen LogP contribution >= 0.6 is 0 Å². The first-order valence-corrected chi connectivity index (χ1v) is 5.24. The van der Waals surface area contributed by atoms with E-state index in [2.05, 4.69) is 5.32 Å². The van der Waals surface area contributed by atoms with E-state index in [1.54, 1.807) is 0 Å². The van der Waals surface area contributed by atoms with Crippen molar-refractivity contribution in [2.24, 2.45) is 5.92 Å². The number of hydrogen-bond acceptors (Lipinski definition) is 3. The van der Waals surface area contributed by atoms with Gasteiger partial charge in [-0.3, -0.25) is 4.79 Å². The van der Waals surface area contributed by atoms with Crippen molar-refractivity contribution in [3.63, 3.8) is 0 Å². The molecule has 1 aliphatic heterocycles. The van der Waals surface area contributed by atoms with Crippen molar-refractivity contribution < 1.29 is 9.53 Å². The zero-order chi connectivity index (χ0) is 9.26. The predicted molar refractivity (Wildman–Crippen MR) is 49.3 cm³/mol. The molecule has 0 radical (unpaired) electrons. The van der Waals surface area contributed by atoms with Gasteiger partial charge in [-0.1, -0.05) is 0 Å². The first-order valence-electron chi connectivity index (χ1n) is 5.24. The molecular formula is C10H17NO2. The van der Waals surface area contributed by atoms with Gasteiger partial charge >= 0.3 is 5.97 Å². The summed E-state index contributed by atoms with van der Waals surface area (Å²) in [5.41, 5.74) is 0. The molecule has 3 nitrogen and oxygen atoms in total. The van der Waals surface area contributed by atoms with Crippen molar-refractivity contribution in [1.82, 2.24) is 5.32 Å². The molecule has 1 saturated carbocycles. The normalized spacial score (nSPS) is 33.3. The molecule has 1 saturated heterocycles. The number of esters is 1. The van der Waals surface area contributed by atoms with Gasteiger partial charge in [0.05, 0.1) is 6.61 Å². The Hall–Kier alpha value is -0.570. The topological polar surface area (TPSA) is 38.3 Å². The van der Waals surface area contributed by atoms with E-state index in [0.717, 1.165) is 18.8 Å². The highest BCUT2D eigenvalue weighted by Gasteiger charge is 2.38. The van der Waals surface area contributed by atoms with Crippen LogP contribution in [0.15, 0.2) is 0 Å². The second kappa shape index (κ2) is 3.66. The molecule has 1 N–H and O–H groups in total. The smallest absolute Gasteiger partial charge is 0.323 e. The summed E-state index contributed by atoms with van der Waals surface area (Å²) in [7, 11) is 0. The Balaban J connectivity index is 1.79. The number of ether oxygens (including phenoxy) is 1. The van der Waals surface area contributed by atoms with Crippen molar-refractivity contribution in [2.45, 2.75) is 44.7 Å². The average Bonchev–Trinajstić information content (AvgIpc) is 2.84. The summed E-state index contributed by atoms with van der Waals surface area (Å²) >= 11 is 0. The minimum Gasteiger partial charge on any atom is -0.465 e. The number of rotatable bonds is 3. The Labute approximate surface area is 78.8 Å². The summed E-state index contributed by atoms with van der Waals surface area (Å²) in [4.78, 5) is 11.3. The Morgan fingerprint density at radius 2 is 2.15 bits per heavy atom. The molecule has 74 valence electrons. The lowest BCUT2D eigenvalue weighted by atomic mass is 10.1. The summed E-state index contributed by atoms with van der Waals surface area (Å²) < 4.78 is 4.97. The van der Waals surface area contributed by atoms with Gasteiger partial charge in [-0.05, 0) is 38.5 Å². The molecule has 0 spiro atoms. The number of carbonyl (C=O) groups excluding carboxylic acids is 1. The van der Waals surface area contributed by atoms with Crippen LogP contribution < -0.4 is 5.32 Å². The molecule has 1 heterocycles. The van der Waals surface area contributed by atoms with Crippen molar-refractivity contribution in [3.05, 3.63) is 0 Å². The van der Waals surface area contributed by atoms with E-state index in [-0.39, 0.29) is 12.0 Å². The van der Waals surface area contributed by atoms with Crippen LogP contribution in [-0.4, -0.2) is 24.7 Å². The number of hydrogen-bond donors (Lipinski definition) is 1. The van der Waals surface area contributed by atoms with Crippen LogP contribution in [0.2, 0.25) is 0 Å². The number of nitrogens with one attached hydrogen (secondary N) is 1. The van der Waals surface area contributed by atoms with E-state index >= 15 is 0 Å². The van der Waals surface area contributed by atoms with Crippen molar-refractivity contribution in [2.75, 3.05) is 6.61 Å². The maximum atomic E-state index is 11.3. The quantitative estimate of drug-likeness (QED) is 0.665. The van der Waals surface area contributed by atoms with Gasteiger partial charge in [-0.2, -0.15) is 0 Å². The first kappa shape index (κ1) is 9.00. The van der Waals surface area contributed by atoms with Gasteiger partial charge < -0.3 is 10.1 Å². The Bertz CT molecular complexity index is 201. The summed E-state index contributed by atoms with van der Waals surface area (Å²) in [6.45, 7) is 2.34. The monoisotopic (exact) mass is 183 g/mol. The summed E-state index contributed by atoms with van der Waals surface area (Å²) in [6.07, 6.45) is 4.79. The van der Waals surface area contributed by atoms with E-state index in [1.165, 1.54) is 12.8 Å². The lowest BCUT2D eigenvalue weighted by Crippen LogP contribution is -2.37. The third-order valence-electron chi connectivity index (χ3n) is 2.94. The molecule has 1 aliphatic carbocycles. The summed E-state index contributed by atoms with van der Waals surface area (Å²) in [5, 5.41) is 3.36. The minimum atomic E-state index is -0.0642. The standard InChI is InChI=1S/C10H17NO2/c1-2-13-10(12)9-6-5-8(11-9)7-3-4-7/h7-9,11H,2-6H2,1H3. The van der Waals surface area contributed by atoms with Crippen LogP contribution in [0.5, 0.6) is 0 Å². The van der Waals surface area contributed by atoms with Gasteiger partial charge in [0.15, 0.2) is 0 Å². The van der Waals surface area contributed by atoms with Crippen LogP contribution in [0, 0.1) is 5.92 Å². The van der Waals surface area contributed by atoms with E-state index < -0.39 is 0 Å². The lowest BCUT2D eigenvalue weighted by Gasteiger charge is -2.12. The van der Waals surface area contributed by atoms with Gasteiger partial charge in [0.25, 0.3) is 0 Å². The molecule has 13 heavy (non-hydrogen) atoms. The molecule has 0 bridgehead atoms. The molecule has 2 unspecified atom stereocenters. The van der Waals surface area contributed by atoms with Crippen molar-refractivity contribution in [1.29, 1.82) is 0 Å². The molecule has 0 amide bonds. The van der Waals surface area contributed by atoms with E-state index in [9.17, 15) is 4.79 Å². The fourth-order valence-corrected chi connectivity index (χ4v) is 2.07. The Kier molecular flexibility index (Phi) is 2.54. The lowest BCUT2D eigenvalue weighted by molar-refractivity contribution is -0.145. The molecule has 0 aromatic rings. The third kappa shape index (κ3) is 2.02. The number of carbonyl (C=O) groups is 1. The average molecular weight is 183 g/mol. The molecular weight excluding hydrogens is 166 g/mol. The summed E-state index contributed by atoms with van der Waals surface area (Å²) in [5.74, 6) is 0.782. The van der Waals surface area contributed by atoms with Crippen LogP contribution in [-0.2, 0) is 9.53 Å². The molecule has 3 heteroatoms. The highest BCUT2D eigenvalue weighted by atomic mass is 16.5. The Morgan fingerprint density at radius 3 is 2.77 bits per heavy atom. The predicted octanol–water partition coefficient (Wildman–Crippen LogP) is 1.08. The summed E-state index contributed by atoms with van der Waals surface area (Å²) in [6, 6.07) is 0.569. The third-order valence-corrected chi connectivity index (χ3v) is 2.94. The highest BCUT2D eigenvalue weighted by Crippen LogP contribution is 2.37. The maximum absolute atomic E-state index is 11.3. The molecule has 0 aromatic carbocycles. The SMILES string of the molecule is CCOC(=O)C1CCC(C2CC2)N1. The zero-order valence-corrected chi connectivity index (χ0v) is 8.08. The largest absolute Gasteiger partial charge is 0.465 e. The highest BCUT2D eigenvalue weighted by molar-refractivity contribution is 5.76. The van der Waals surface area contributed by atoms with E-state index in [4.69, 9.17) is 4.74 Å². The molecule has 0 aromatic heterocycles. The van der Waals surface area contributed by atoms with Crippen LogP contribution in [0.25, 0.3) is 0 Å². The second-order valence-electron chi connectivity index (χ2n) is 3.99. The van der Waals surface area contributed by atoms with Gasteiger partial charge in [0.1, 0.15) is 6.04 Å².